The number of methoxy groups -OCH3 is 1. The number of amides is 2. The summed E-state index contributed by atoms with van der Waals surface area (Å²) in [6, 6.07) is 17.0. The molecular weight excluding hydrogens is 542 g/mol. The molecule has 2 N–H and O–H groups in total. The van der Waals surface area contributed by atoms with E-state index in [1.807, 2.05) is 55.6 Å². The zero-order valence-corrected chi connectivity index (χ0v) is 24.2. The van der Waals surface area contributed by atoms with Crippen LogP contribution in [0.1, 0.15) is 29.0 Å². The lowest BCUT2D eigenvalue weighted by Gasteiger charge is -2.18. The molecule has 0 saturated heterocycles. The summed E-state index contributed by atoms with van der Waals surface area (Å²) < 4.78 is 5.97. The van der Waals surface area contributed by atoms with Crippen LogP contribution in [0.3, 0.4) is 0 Å². The number of nitrogens with one attached hydrogen (secondary N) is 2. The van der Waals surface area contributed by atoms with Crippen LogP contribution >= 0.6 is 0 Å². The van der Waals surface area contributed by atoms with E-state index in [1.54, 1.807) is 49.9 Å². The topological polar surface area (TPSA) is 122 Å². The van der Waals surface area contributed by atoms with Crippen molar-refractivity contribution >= 4 is 34.2 Å². The number of hydrogen-bond acceptors (Lipinski definition) is 8. The van der Waals surface area contributed by atoms with Crippen LogP contribution in [0.2, 0.25) is 0 Å². The number of nitrogens with zero attached hydrogens (tertiary/aromatic N) is 5. The molecule has 216 valence electrons. The van der Waals surface area contributed by atoms with Gasteiger partial charge in [0.1, 0.15) is 23.1 Å². The quantitative estimate of drug-likeness (QED) is 0.240. The van der Waals surface area contributed by atoms with Crippen molar-refractivity contribution in [3.05, 3.63) is 90.8 Å². The molecule has 5 aromatic rings. The molecule has 0 aliphatic heterocycles. The number of ether oxygens (including phenoxy) is 1. The van der Waals surface area contributed by atoms with Gasteiger partial charge in [0.15, 0.2) is 0 Å². The molecule has 6 rings (SSSR count). The van der Waals surface area contributed by atoms with Crippen LogP contribution in [0, 0.1) is 5.92 Å². The zero-order chi connectivity index (χ0) is 29.9. The zero-order valence-electron chi connectivity index (χ0n) is 24.2. The van der Waals surface area contributed by atoms with Crippen LogP contribution in [0.4, 0.5) is 11.6 Å². The third-order valence-corrected chi connectivity index (χ3v) is 7.48. The minimum atomic E-state index is -0.196. The Morgan fingerprint density at radius 3 is 2.44 bits per heavy atom. The number of hydrogen-bond donors (Lipinski definition) is 2. The second kappa shape index (κ2) is 11.8. The Bertz CT molecular complexity index is 1810. The lowest BCUT2D eigenvalue weighted by Crippen LogP contribution is -2.27. The number of benzene rings is 1. The number of para-hydroxylation sites is 1. The van der Waals surface area contributed by atoms with Gasteiger partial charge in [-0.25, -0.2) is 9.97 Å². The van der Waals surface area contributed by atoms with Crippen LogP contribution in [-0.4, -0.2) is 57.9 Å². The van der Waals surface area contributed by atoms with Crippen molar-refractivity contribution in [3.8, 4) is 28.0 Å². The van der Waals surface area contributed by atoms with Crippen molar-refractivity contribution in [3.63, 3.8) is 0 Å². The minimum Gasteiger partial charge on any atom is -0.495 e. The van der Waals surface area contributed by atoms with E-state index in [0.29, 0.717) is 29.6 Å². The molecule has 1 saturated carbocycles. The highest BCUT2D eigenvalue weighted by Gasteiger charge is 2.30. The van der Waals surface area contributed by atoms with Crippen molar-refractivity contribution in [2.75, 3.05) is 31.8 Å². The monoisotopic (exact) mass is 573 g/mol. The number of anilines is 2. The molecule has 0 atom stereocenters. The molecule has 0 bridgehead atoms. The van der Waals surface area contributed by atoms with Crippen molar-refractivity contribution < 1.29 is 14.3 Å². The smallest absolute Gasteiger partial charge is 0.272 e. The lowest BCUT2D eigenvalue weighted by molar-refractivity contribution is -0.117. The first-order valence-electron chi connectivity index (χ1n) is 14.0. The normalized spacial score (nSPS) is 12.5. The van der Waals surface area contributed by atoms with Crippen LogP contribution in [0.5, 0.6) is 5.75 Å². The number of fused-ring (bicyclic) bond motifs is 1. The Kier molecular flexibility index (Phi) is 7.65. The van der Waals surface area contributed by atoms with Gasteiger partial charge in [0.2, 0.25) is 5.91 Å². The van der Waals surface area contributed by atoms with Gasteiger partial charge in [-0.2, -0.15) is 0 Å². The van der Waals surface area contributed by atoms with E-state index >= 15 is 0 Å². The highest BCUT2D eigenvalue weighted by Crippen LogP contribution is 2.42. The predicted octanol–water partition coefficient (Wildman–Crippen LogP) is 5.42. The van der Waals surface area contributed by atoms with Crippen LogP contribution in [0.15, 0.2) is 79.4 Å². The Labute approximate surface area is 249 Å². The molecule has 10 nitrogen and oxygen atoms in total. The molecule has 1 aliphatic carbocycles. The molecule has 4 aromatic heterocycles. The molecule has 0 unspecified atom stereocenters. The van der Waals surface area contributed by atoms with Gasteiger partial charge in [-0.3, -0.25) is 19.6 Å². The van der Waals surface area contributed by atoms with Gasteiger partial charge >= 0.3 is 0 Å². The van der Waals surface area contributed by atoms with E-state index < -0.39 is 0 Å². The van der Waals surface area contributed by atoms with Crippen molar-refractivity contribution in [1.82, 2.24) is 24.8 Å². The molecule has 4 heterocycles. The van der Waals surface area contributed by atoms with Gasteiger partial charge in [-0.1, -0.05) is 30.3 Å². The predicted molar refractivity (Wildman–Crippen MR) is 166 cm³/mol. The summed E-state index contributed by atoms with van der Waals surface area (Å²) in [6.45, 7) is 0.384. The number of aromatic nitrogens is 4. The van der Waals surface area contributed by atoms with Crippen LogP contribution < -0.4 is 15.4 Å². The molecule has 1 aliphatic rings. The summed E-state index contributed by atoms with van der Waals surface area (Å²) in [5.41, 5.74) is 4.40. The average Bonchev–Trinajstić information content (AvgIpc) is 3.90. The van der Waals surface area contributed by atoms with E-state index in [2.05, 4.69) is 30.6 Å². The average molecular weight is 574 g/mol. The first-order valence-corrected chi connectivity index (χ1v) is 14.0. The second-order valence-electron chi connectivity index (χ2n) is 10.4. The van der Waals surface area contributed by atoms with Crippen molar-refractivity contribution in [2.45, 2.75) is 19.4 Å². The molecule has 1 fully saturated rings. The number of carbonyl (C=O) groups is 2. The second-order valence-corrected chi connectivity index (χ2v) is 10.4. The van der Waals surface area contributed by atoms with E-state index in [1.165, 1.54) is 0 Å². The van der Waals surface area contributed by atoms with Crippen molar-refractivity contribution in [1.29, 1.82) is 0 Å². The maximum Gasteiger partial charge on any atom is 0.272 e. The summed E-state index contributed by atoms with van der Waals surface area (Å²) in [7, 11) is 5.17. The summed E-state index contributed by atoms with van der Waals surface area (Å²) in [6.07, 6.45) is 8.72. The van der Waals surface area contributed by atoms with Gasteiger partial charge in [-0.15, -0.1) is 0 Å². The molecule has 1 aromatic carbocycles. The standard InChI is InChI=1S/C33H31N7O3/c1-34-31-27-18-37-29(39-32(41)20-10-11-20)15-25(27)26(17-38-31)24-9-6-8-23(30(24)43-3)21-12-13-28(36-16-21)33(42)40(2)19-22-7-4-5-14-35-22/h4-9,12-18,20H,10-11,19H2,1-3H3,(H,34,38)(H,37,39,41). The SMILES string of the molecule is CNc1ncc(-c2cccc(-c3ccc(C(=O)N(C)Cc4ccccn4)nc3)c2OC)c2cc(NC(=O)C3CC3)ncc12. The lowest BCUT2D eigenvalue weighted by atomic mass is 9.96. The van der Waals surface area contributed by atoms with E-state index in [0.717, 1.165) is 51.6 Å². The Hall–Kier alpha value is -5.38. The van der Waals surface area contributed by atoms with Crippen molar-refractivity contribution in [2.24, 2.45) is 5.92 Å². The maximum atomic E-state index is 13.0. The van der Waals surface area contributed by atoms with E-state index in [9.17, 15) is 9.59 Å². The van der Waals surface area contributed by atoms with E-state index in [4.69, 9.17) is 4.74 Å². The third-order valence-electron chi connectivity index (χ3n) is 7.48. The van der Waals surface area contributed by atoms with Gasteiger partial charge in [0.05, 0.1) is 19.3 Å². The van der Waals surface area contributed by atoms with Gasteiger partial charge < -0.3 is 20.3 Å². The third kappa shape index (κ3) is 5.72. The summed E-state index contributed by atoms with van der Waals surface area (Å²) in [4.78, 5) is 45.0. The molecule has 0 spiro atoms. The summed E-state index contributed by atoms with van der Waals surface area (Å²) >= 11 is 0. The minimum absolute atomic E-state index is 0.00627. The first kappa shape index (κ1) is 27.8. The first-order chi connectivity index (χ1) is 21.0. The Morgan fingerprint density at radius 2 is 1.74 bits per heavy atom. The highest BCUT2D eigenvalue weighted by molar-refractivity contribution is 6.05. The maximum absolute atomic E-state index is 13.0. The summed E-state index contributed by atoms with van der Waals surface area (Å²) in [5.74, 6) is 1.67. The summed E-state index contributed by atoms with van der Waals surface area (Å²) in [5, 5.41) is 7.76. The van der Waals surface area contributed by atoms with Gasteiger partial charge in [0.25, 0.3) is 5.91 Å². The molecule has 43 heavy (non-hydrogen) atoms. The van der Waals surface area contributed by atoms with Crippen LogP contribution in [0.25, 0.3) is 33.0 Å². The molecular formula is C33H31N7O3. The van der Waals surface area contributed by atoms with Gasteiger partial charge in [-0.05, 0) is 37.1 Å². The fraction of sp³-hybridized carbons (Fsp3) is 0.212. The van der Waals surface area contributed by atoms with Crippen LogP contribution in [-0.2, 0) is 11.3 Å². The highest BCUT2D eigenvalue weighted by atomic mass is 16.5. The van der Waals surface area contributed by atoms with Gasteiger partial charge in [0, 0.05) is 77.8 Å². The number of rotatable bonds is 9. The molecule has 2 amide bonds. The number of carbonyl (C=O) groups excluding carboxylic acids is 2. The van der Waals surface area contributed by atoms with E-state index in [-0.39, 0.29) is 17.7 Å². The molecule has 0 radical (unpaired) electrons. The fourth-order valence-electron chi connectivity index (χ4n) is 5.07. The Morgan fingerprint density at radius 1 is 0.907 bits per heavy atom. The molecule has 10 heteroatoms. The largest absolute Gasteiger partial charge is 0.495 e. The fourth-order valence-corrected chi connectivity index (χ4v) is 5.07. The Balaban J connectivity index is 1.34. The number of pyridine rings is 4.